The van der Waals surface area contributed by atoms with Crippen LogP contribution in [-0.2, 0) is 4.74 Å². The predicted molar refractivity (Wildman–Crippen MR) is 56.5 cm³/mol. The topological polar surface area (TPSA) is 70.3 Å². The lowest BCUT2D eigenvalue weighted by atomic mass is 10.3. The summed E-state index contributed by atoms with van der Waals surface area (Å²) in [6, 6.07) is 1.95. The van der Waals surface area contributed by atoms with Gasteiger partial charge in [-0.3, -0.25) is 0 Å². The van der Waals surface area contributed by atoms with Crippen molar-refractivity contribution in [1.82, 2.24) is 0 Å². The molecule has 0 saturated heterocycles. The van der Waals surface area contributed by atoms with Crippen LogP contribution >= 0.6 is 0 Å². The summed E-state index contributed by atoms with van der Waals surface area (Å²) in [5, 5.41) is 16.1. The molecule has 1 aliphatic rings. The Hall–Kier alpha value is -1.24. The van der Waals surface area contributed by atoms with Gasteiger partial charge in [0.2, 0.25) is 0 Å². The average molecular weight is 213 g/mol. The molecule has 1 fully saturated rings. The number of carboxylic acid groups (broad SMARTS) is 1. The van der Waals surface area contributed by atoms with Crippen molar-refractivity contribution >= 4 is 6.16 Å². The molecule has 0 atom stereocenters. The predicted octanol–water partition coefficient (Wildman–Crippen LogP) is 3.18. The van der Waals surface area contributed by atoms with Crippen LogP contribution in [-0.4, -0.2) is 17.9 Å². The van der Waals surface area contributed by atoms with Gasteiger partial charge in [-0.25, -0.2) is 4.79 Å². The Morgan fingerprint density at radius 3 is 2.53 bits per heavy atom. The molecule has 0 amide bonds. The summed E-state index contributed by atoms with van der Waals surface area (Å²) < 4.78 is 4.20. The van der Waals surface area contributed by atoms with Gasteiger partial charge in [0.15, 0.2) is 0 Å². The Kier molecular flexibility index (Phi) is 8.55. The van der Waals surface area contributed by atoms with Crippen LogP contribution in [0.5, 0.6) is 0 Å². The van der Waals surface area contributed by atoms with Gasteiger partial charge in [0.25, 0.3) is 0 Å². The van der Waals surface area contributed by atoms with E-state index in [-0.39, 0.29) is 6.61 Å². The van der Waals surface area contributed by atoms with E-state index in [4.69, 9.17) is 10.4 Å². The second-order valence-corrected chi connectivity index (χ2v) is 3.58. The second kappa shape index (κ2) is 9.32. The third-order valence-electron chi connectivity index (χ3n) is 2.18. The van der Waals surface area contributed by atoms with Crippen LogP contribution < -0.4 is 0 Å². The molecule has 0 aromatic heterocycles. The van der Waals surface area contributed by atoms with E-state index in [0.29, 0.717) is 19.3 Å². The molecule has 0 aromatic carbocycles. The van der Waals surface area contributed by atoms with Crippen molar-refractivity contribution in [2.45, 2.75) is 45.4 Å². The molecule has 86 valence electrons. The maximum absolute atomic E-state index is 9.74. The van der Waals surface area contributed by atoms with Gasteiger partial charge in [0.1, 0.15) is 0 Å². The molecule has 0 aliphatic heterocycles. The summed E-state index contributed by atoms with van der Waals surface area (Å²) in [4.78, 5) is 9.74. The SMILES string of the molecule is CCC1CC1.N#CCCCCOC(=O)O. The van der Waals surface area contributed by atoms with Crippen LogP contribution in [0.2, 0.25) is 0 Å². The van der Waals surface area contributed by atoms with Crippen LogP contribution in [0.25, 0.3) is 0 Å². The number of hydrogen-bond acceptors (Lipinski definition) is 3. The van der Waals surface area contributed by atoms with Gasteiger partial charge in [0, 0.05) is 6.42 Å². The van der Waals surface area contributed by atoms with Crippen LogP contribution in [0.3, 0.4) is 0 Å². The van der Waals surface area contributed by atoms with E-state index in [0.717, 1.165) is 5.92 Å². The number of nitriles is 1. The average Bonchev–Trinajstić information content (AvgIpc) is 3.01. The number of unbranched alkanes of at least 4 members (excludes halogenated alkanes) is 2. The van der Waals surface area contributed by atoms with Gasteiger partial charge in [-0.15, -0.1) is 0 Å². The van der Waals surface area contributed by atoms with Gasteiger partial charge in [-0.05, 0) is 18.8 Å². The highest BCUT2D eigenvalue weighted by Gasteiger charge is 2.17. The standard InChI is InChI=1S/C6H9NO3.C5H10/c7-4-2-1-3-5-10-6(8)9;1-2-5-3-4-5/h1-3,5H2,(H,8,9);5H,2-4H2,1H3. The fourth-order valence-corrected chi connectivity index (χ4v) is 0.992. The molecule has 0 spiro atoms. The summed E-state index contributed by atoms with van der Waals surface area (Å²) in [5.74, 6) is 1.13. The van der Waals surface area contributed by atoms with E-state index in [2.05, 4.69) is 11.7 Å². The molecule has 0 unspecified atom stereocenters. The first-order chi connectivity index (χ1) is 7.20. The van der Waals surface area contributed by atoms with Crippen molar-refractivity contribution in [2.24, 2.45) is 5.92 Å². The first-order valence-corrected chi connectivity index (χ1v) is 5.43. The molecular formula is C11H19NO3. The zero-order valence-electron chi connectivity index (χ0n) is 9.24. The molecule has 4 heteroatoms. The monoisotopic (exact) mass is 213 g/mol. The Bertz CT molecular complexity index is 206. The molecular weight excluding hydrogens is 194 g/mol. The summed E-state index contributed by atoms with van der Waals surface area (Å²) >= 11 is 0. The fourth-order valence-electron chi connectivity index (χ4n) is 0.992. The molecule has 1 aliphatic carbocycles. The number of rotatable bonds is 5. The zero-order valence-corrected chi connectivity index (χ0v) is 9.24. The van der Waals surface area contributed by atoms with Crippen LogP contribution in [0, 0.1) is 17.2 Å². The summed E-state index contributed by atoms with van der Waals surface area (Å²) in [6.07, 6.45) is 4.97. The number of carbonyl (C=O) groups is 1. The Morgan fingerprint density at radius 2 is 2.20 bits per heavy atom. The Balaban J connectivity index is 0.000000322. The van der Waals surface area contributed by atoms with Crippen LogP contribution in [0.15, 0.2) is 0 Å². The van der Waals surface area contributed by atoms with E-state index in [1.54, 1.807) is 0 Å². The smallest absolute Gasteiger partial charge is 0.450 e. The highest BCUT2D eigenvalue weighted by molar-refractivity contribution is 5.56. The molecule has 15 heavy (non-hydrogen) atoms. The lowest BCUT2D eigenvalue weighted by molar-refractivity contribution is 0.0902. The van der Waals surface area contributed by atoms with Crippen LogP contribution in [0.1, 0.15) is 45.4 Å². The van der Waals surface area contributed by atoms with E-state index >= 15 is 0 Å². The maximum atomic E-state index is 9.74. The third-order valence-corrected chi connectivity index (χ3v) is 2.18. The molecule has 0 aromatic rings. The third kappa shape index (κ3) is 12.8. The first-order valence-electron chi connectivity index (χ1n) is 5.43. The van der Waals surface area contributed by atoms with E-state index in [9.17, 15) is 4.79 Å². The van der Waals surface area contributed by atoms with Crippen LogP contribution in [0.4, 0.5) is 4.79 Å². The fraction of sp³-hybridized carbons (Fsp3) is 0.818. The highest BCUT2D eigenvalue weighted by Crippen LogP contribution is 2.31. The van der Waals surface area contributed by atoms with Crippen molar-refractivity contribution < 1.29 is 14.6 Å². The normalized spacial score (nSPS) is 13.3. The van der Waals surface area contributed by atoms with E-state index < -0.39 is 6.16 Å². The van der Waals surface area contributed by atoms with Crippen molar-refractivity contribution in [3.8, 4) is 6.07 Å². The first kappa shape index (κ1) is 13.8. The lowest BCUT2D eigenvalue weighted by Gasteiger charge is -1.96. The summed E-state index contributed by atoms with van der Waals surface area (Å²) in [5.41, 5.74) is 0. The maximum Gasteiger partial charge on any atom is 0.505 e. The molecule has 0 bridgehead atoms. The molecule has 0 heterocycles. The largest absolute Gasteiger partial charge is 0.505 e. The molecule has 1 saturated carbocycles. The Labute approximate surface area is 90.9 Å². The van der Waals surface area contributed by atoms with Crippen molar-refractivity contribution in [1.29, 1.82) is 5.26 Å². The molecule has 0 radical (unpaired) electrons. The van der Waals surface area contributed by atoms with E-state index in [1.807, 2.05) is 6.07 Å². The van der Waals surface area contributed by atoms with Gasteiger partial charge in [-0.1, -0.05) is 26.2 Å². The Morgan fingerprint density at radius 1 is 1.53 bits per heavy atom. The van der Waals surface area contributed by atoms with Gasteiger partial charge >= 0.3 is 6.16 Å². The van der Waals surface area contributed by atoms with Gasteiger partial charge < -0.3 is 9.84 Å². The summed E-state index contributed by atoms with van der Waals surface area (Å²) in [6.45, 7) is 2.45. The molecule has 1 N–H and O–H groups in total. The summed E-state index contributed by atoms with van der Waals surface area (Å²) in [7, 11) is 0. The number of ether oxygens (including phenoxy) is 1. The minimum absolute atomic E-state index is 0.191. The minimum atomic E-state index is -1.25. The number of nitrogens with zero attached hydrogens (tertiary/aromatic N) is 1. The quantitative estimate of drug-likeness (QED) is 0.562. The van der Waals surface area contributed by atoms with Crippen molar-refractivity contribution in [3.05, 3.63) is 0 Å². The molecule has 1 rings (SSSR count). The molecule has 4 nitrogen and oxygen atoms in total. The zero-order chi connectivity index (χ0) is 11.5. The second-order valence-electron chi connectivity index (χ2n) is 3.58. The van der Waals surface area contributed by atoms with E-state index in [1.165, 1.54) is 19.3 Å². The van der Waals surface area contributed by atoms with Crippen molar-refractivity contribution in [3.63, 3.8) is 0 Å². The minimum Gasteiger partial charge on any atom is -0.450 e. The number of hydrogen-bond donors (Lipinski definition) is 1. The van der Waals surface area contributed by atoms with Gasteiger partial charge in [0.05, 0.1) is 12.7 Å². The lowest BCUT2D eigenvalue weighted by Crippen LogP contribution is -2.01. The van der Waals surface area contributed by atoms with Gasteiger partial charge in [-0.2, -0.15) is 5.26 Å². The highest BCUT2D eigenvalue weighted by atomic mass is 16.7. The van der Waals surface area contributed by atoms with Crippen molar-refractivity contribution in [2.75, 3.05) is 6.61 Å².